The first-order chi connectivity index (χ1) is 10.7. The van der Waals surface area contributed by atoms with Gasteiger partial charge in [-0.2, -0.15) is 0 Å². The van der Waals surface area contributed by atoms with Gasteiger partial charge in [0.15, 0.2) is 0 Å². The number of hydrogen-bond acceptors (Lipinski definition) is 3. The van der Waals surface area contributed by atoms with E-state index in [1.807, 2.05) is 30.3 Å². The van der Waals surface area contributed by atoms with E-state index in [0.717, 1.165) is 5.75 Å². The predicted octanol–water partition coefficient (Wildman–Crippen LogP) is 3.08. The number of piperidine rings is 1. The molecule has 0 aromatic heterocycles. The first-order valence-corrected chi connectivity index (χ1v) is 7.53. The Hall–Kier alpha value is -2.33. The minimum Gasteiger partial charge on any atom is -0.457 e. The first-order valence-electron chi connectivity index (χ1n) is 7.53. The van der Waals surface area contributed by atoms with Gasteiger partial charge < -0.3 is 14.7 Å². The highest BCUT2D eigenvalue weighted by molar-refractivity contribution is 5.94. The lowest BCUT2D eigenvalue weighted by atomic mass is 10.1. The molecule has 3 rings (SSSR count). The highest BCUT2D eigenvalue weighted by atomic mass is 16.5. The Balaban J connectivity index is 1.65. The van der Waals surface area contributed by atoms with Gasteiger partial charge in [0.25, 0.3) is 5.91 Å². The Bertz CT molecular complexity index is 617. The van der Waals surface area contributed by atoms with Crippen molar-refractivity contribution in [3.8, 4) is 11.5 Å². The molecule has 4 nitrogen and oxygen atoms in total. The molecule has 0 saturated carbocycles. The topological polar surface area (TPSA) is 49.8 Å². The number of nitrogens with zero attached hydrogens (tertiary/aromatic N) is 1. The summed E-state index contributed by atoms with van der Waals surface area (Å²) in [6.45, 7) is 1.23. The van der Waals surface area contributed by atoms with Gasteiger partial charge in [-0.3, -0.25) is 4.79 Å². The van der Waals surface area contributed by atoms with E-state index in [9.17, 15) is 9.90 Å². The molecule has 114 valence electrons. The number of rotatable bonds is 3. The third kappa shape index (κ3) is 3.46. The summed E-state index contributed by atoms with van der Waals surface area (Å²) < 4.78 is 5.71. The Morgan fingerprint density at radius 2 is 1.55 bits per heavy atom. The molecule has 0 radical (unpaired) electrons. The molecule has 22 heavy (non-hydrogen) atoms. The zero-order valence-electron chi connectivity index (χ0n) is 12.3. The highest BCUT2D eigenvalue weighted by Crippen LogP contribution is 2.22. The fourth-order valence-corrected chi connectivity index (χ4v) is 2.54. The van der Waals surface area contributed by atoms with Crippen LogP contribution in [0.3, 0.4) is 0 Å². The second-order valence-corrected chi connectivity index (χ2v) is 5.46. The van der Waals surface area contributed by atoms with E-state index in [1.165, 1.54) is 0 Å². The summed E-state index contributed by atoms with van der Waals surface area (Å²) in [6, 6.07) is 16.7. The molecule has 1 fully saturated rings. The monoisotopic (exact) mass is 297 g/mol. The van der Waals surface area contributed by atoms with Crippen molar-refractivity contribution >= 4 is 5.91 Å². The molecule has 0 bridgehead atoms. The lowest BCUT2D eigenvalue weighted by Gasteiger charge is -2.29. The third-order valence-electron chi connectivity index (χ3n) is 3.83. The van der Waals surface area contributed by atoms with E-state index < -0.39 is 0 Å². The maximum absolute atomic E-state index is 12.4. The van der Waals surface area contributed by atoms with Crippen molar-refractivity contribution in [2.75, 3.05) is 13.1 Å². The zero-order valence-corrected chi connectivity index (χ0v) is 12.3. The van der Waals surface area contributed by atoms with Crippen LogP contribution in [0.4, 0.5) is 0 Å². The first kappa shape index (κ1) is 14.6. The highest BCUT2D eigenvalue weighted by Gasteiger charge is 2.22. The van der Waals surface area contributed by atoms with Gasteiger partial charge in [0, 0.05) is 18.7 Å². The largest absolute Gasteiger partial charge is 0.457 e. The summed E-state index contributed by atoms with van der Waals surface area (Å²) >= 11 is 0. The fourth-order valence-electron chi connectivity index (χ4n) is 2.54. The molecule has 0 spiro atoms. The van der Waals surface area contributed by atoms with E-state index in [2.05, 4.69) is 0 Å². The van der Waals surface area contributed by atoms with Crippen LogP contribution in [0.25, 0.3) is 0 Å². The van der Waals surface area contributed by atoms with Crippen LogP contribution in [0, 0.1) is 0 Å². The number of ether oxygens (including phenoxy) is 1. The molecule has 0 atom stereocenters. The number of hydrogen-bond donors (Lipinski definition) is 1. The number of para-hydroxylation sites is 1. The molecule has 4 heteroatoms. The van der Waals surface area contributed by atoms with Crippen molar-refractivity contribution in [2.45, 2.75) is 18.9 Å². The summed E-state index contributed by atoms with van der Waals surface area (Å²) in [5.41, 5.74) is 0.650. The van der Waals surface area contributed by atoms with Crippen LogP contribution >= 0.6 is 0 Å². The molecule has 0 aliphatic carbocycles. The number of aliphatic hydroxyl groups excluding tert-OH is 1. The number of carbonyl (C=O) groups is 1. The quantitative estimate of drug-likeness (QED) is 0.947. The minimum absolute atomic E-state index is 0.0122. The predicted molar refractivity (Wildman–Crippen MR) is 84.1 cm³/mol. The normalized spacial score (nSPS) is 15.6. The molecule has 1 aliphatic heterocycles. The summed E-state index contributed by atoms with van der Waals surface area (Å²) in [7, 11) is 0. The molecule has 1 heterocycles. The Labute approximate surface area is 130 Å². The van der Waals surface area contributed by atoms with Crippen LogP contribution in [0.5, 0.6) is 11.5 Å². The Morgan fingerprint density at radius 1 is 0.955 bits per heavy atom. The molecular formula is C18H19NO3. The molecular weight excluding hydrogens is 278 g/mol. The standard InChI is InChI=1S/C18H19NO3/c20-15-10-12-19(13-11-15)18(21)14-6-8-17(9-7-14)22-16-4-2-1-3-5-16/h1-9,15,20H,10-13H2. The molecule has 1 amide bonds. The molecule has 1 aliphatic rings. The van der Waals surface area contributed by atoms with Gasteiger partial charge in [0.2, 0.25) is 0 Å². The maximum Gasteiger partial charge on any atom is 0.253 e. The van der Waals surface area contributed by atoms with Gasteiger partial charge in [-0.15, -0.1) is 0 Å². The van der Waals surface area contributed by atoms with Crippen LogP contribution in [-0.2, 0) is 0 Å². The van der Waals surface area contributed by atoms with Crippen LogP contribution in [0.2, 0.25) is 0 Å². The van der Waals surface area contributed by atoms with E-state index in [0.29, 0.717) is 37.2 Å². The van der Waals surface area contributed by atoms with Crippen LogP contribution in [0.15, 0.2) is 54.6 Å². The van der Waals surface area contributed by atoms with Crippen molar-refractivity contribution in [1.29, 1.82) is 0 Å². The van der Waals surface area contributed by atoms with Crippen LogP contribution in [0.1, 0.15) is 23.2 Å². The van der Waals surface area contributed by atoms with Gasteiger partial charge in [-0.1, -0.05) is 18.2 Å². The van der Waals surface area contributed by atoms with Crippen molar-refractivity contribution < 1.29 is 14.6 Å². The number of carbonyl (C=O) groups excluding carboxylic acids is 1. The second-order valence-electron chi connectivity index (χ2n) is 5.46. The molecule has 1 saturated heterocycles. The summed E-state index contributed by atoms with van der Waals surface area (Å²) in [4.78, 5) is 14.2. The summed E-state index contributed by atoms with van der Waals surface area (Å²) in [6.07, 6.45) is 1.03. The second kappa shape index (κ2) is 6.62. The average Bonchev–Trinajstić information content (AvgIpc) is 2.57. The van der Waals surface area contributed by atoms with Gasteiger partial charge in [0.1, 0.15) is 11.5 Å². The molecule has 1 N–H and O–H groups in total. The Kier molecular flexibility index (Phi) is 4.39. The van der Waals surface area contributed by atoms with Gasteiger partial charge in [-0.05, 0) is 49.2 Å². The fraction of sp³-hybridized carbons (Fsp3) is 0.278. The number of amides is 1. The summed E-state index contributed by atoms with van der Waals surface area (Å²) in [5, 5.41) is 9.50. The van der Waals surface area contributed by atoms with E-state index in [4.69, 9.17) is 4.74 Å². The van der Waals surface area contributed by atoms with Crippen molar-refractivity contribution in [1.82, 2.24) is 4.90 Å². The van der Waals surface area contributed by atoms with Crippen LogP contribution < -0.4 is 4.74 Å². The number of aliphatic hydroxyl groups is 1. The lowest BCUT2D eigenvalue weighted by Crippen LogP contribution is -2.40. The van der Waals surface area contributed by atoms with E-state index >= 15 is 0 Å². The smallest absolute Gasteiger partial charge is 0.253 e. The van der Waals surface area contributed by atoms with Crippen LogP contribution in [-0.4, -0.2) is 35.1 Å². The zero-order chi connectivity index (χ0) is 15.4. The third-order valence-corrected chi connectivity index (χ3v) is 3.83. The molecule has 0 unspecified atom stereocenters. The van der Waals surface area contributed by atoms with E-state index in [-0.39, 0.29) is 12.0 Å². The van der Waals surface area contributed by atoms with Crippen molar-refractivity contribution in [2.24, 2.45) is 0 Å². The van der Waals surface area contributed by atoms with Crippen molar-refractivity contribution in [3.63, 3.8) is 0 Å². The van der Waals surface area contributed by atoms with Crippen molar-refractivity contribution in [3.05, 3.63) is 60.2 Å². The molecule has 2 aromatic rings. The Morgan fingerprint density at radius 3 is 2.18 bits per heavy atom. The SMILES string of the molecule is O=C(c1ccc(Oc2ccccc2)cc1)N1CCC(O)CC1. The van der Waals surface area contributed by atoms with Gasteiger partial charge >= 0.3 is 0 Å². The average molecular weight is 297 g/mol. The number of benzene rings is 2. The lowest BCUT2D eigenvalue weighted by molar-refractivity contribution is 0.0546. The summed E-state index contributed by atoms with van der Waals surface area (Å²) in [5.74, 6) is 1.49. The van der Waals surface area contributed by atoms with Gasteiger partial charge in [-0.25, -0.2) is 0 Å². The molecule has 2 aromatic carbocycles. The minimum atomic E-state index is -0.273. The van der Waals surface area contributed by atoms with Gasteiger partial charge in [0.05, 0.1) is 6.10 Å². The van der Waals surface area contributed by atoms with E-state index in [1.54, 1.807) is 29.2 Å². The number of likely N-dealkylation sites (tertiary alicyclic amines) is 1. The maximum atomic E-state index is 12.4.